The van der Waals surface area contributed by atoms with Gasteiger partial charge in [0, 0.05) is 23.5 Å². The average molecular weight is 442 g/mol. The van der Waals surface area contributed by atoms with Crippen molar-refractivity contribution >= 4 is 26.7 Å². The third kappa shape index (κ3) is 4.77. The predicted molar refractivity (Wildman–Crippen MR) is 120 cm³/mol. The molecule has 1 aliphatic rings. The first kappa shape index (κ1) is 21.4. The Labute approximate surface area is 182 Å². The molecule has 1 amide bonds. The third-order valence-corrected chi connectivity index (χ3v) is 7.43. The molecule has 2 aromatic carbocycles. The number of hydrogen-bond acceptors (Lipinski definition) is 5. The second-order valence-corrected chi connectivity index (χ2v) is 10.1. The smallest absolute Gasteiger partial charge is 0.290 e. The maximum Gasteiger partial charge on any atom is 0.290 e. The van der Waals surface area contributed by atoms with Gasteiger partial charge in [0.05, 0.1) is 11.5 Å². The van der Waals surface area contributed by atoms with Gasteiger partial charge in [-0.3, -0.25) is 4.79 Å². The van der Waals surface area contributed by atoms with Crippen LogP contribution in [0.5, 0.6) is 5.75 Å². The number of nitrogens with zero attached hydrogens (tertiary/aromatic N) is 1. The molecule has 1 aliphatic heterocycles. The van der Waals surface area contributed by atoms with Gasteiger partial charge in [-0.05, 0) is 31.0 Å². The van der Waals surface area contributed by atoms with Crippen LogP contribution in [0.1, 0.15) is 42.3 Å². The van der Waals surface area contributed by atoms with Crippen LogP contribution in [0.25, 0.3) is 11.0 Å². The quantitative estimate of drug-likeness (QED) is 0.516. The Hall–Kier alpha value is -2.80. The largest absolute Gasteiger partial charge is 0.489 e. The highest BCUT2D eigenvalue weighted by Gasteiger charge is 2.36. The fourth-order valence-electron chi connectivity index (χ4n) is 4.02. The Bertz CT molecular complexity index is 1150. The maximum atomic E-state index is 13.6. The average Bonchev–Trinajstić information content (AvgIpc) is 3.33. The number of amides is 1. The number of furan rings is 1. The van der Waals surface area contributed by atoms with Crippen LogP contribution in [-0.2, 0) is 16.4 Å². The molecule has 1 unspecified atom stereocenters. The summed E-state index contributed by atoms with van der Waals surface area (Å²) in [5, 5.41) is 0.830. The van der Waals surface area contributed by atoms with Crippen molar-refractivity contribution in [1.29, 1.82) is 0 Å². The first-order chi connectivity index (χ1) is 15.0. The lowest BCUT2D eigenvalue weighted by Crippen LogP contribution is -2.42. The van der Waals surface area contributed by atoms with Crippen LogP contribution in [0.4, 0.5) is 0 Å². The van der Waals surface area contributed by atoms with E-state index in [1.165, 1.54) is 0 Å². The molecule has 0 aliphatic carbocycles. The molecule has 1 saturated heterocycles. The number of para-hydroxylation sites is 2. The Balaban J connectivity index is 1.68. The van der Waals surface area contributed by atoms with Gasteiger partial charge in [-0.2, -0.15) is 0 Å². The van der Waals surface area contributed by atoms with Gasteiger partial charge in [-0.25, -0.2) is 8.42 Å². The summed E-state index contributed by atoms with van der Waals surface area (Å²) in [6.07, 6.45) is 2.18. The molecule has 6 nitrogen and oxygen atoms in total. The van der Waals surface area contributed by atoms with Crippen molar-refractivity contribution in [3.05, 3.63) is 65.9 Å². The van der Waals surface area contributed by atoms with Gasteiger partial charge in [0.1, 0.15) is 17.9 Å². The minimum absolute atomic E-state index is 0.0124. The fourth-order valence-corrected chi connectivity index (χ4v) is 5.75. The van der Waals surface area contributed by atoms with E-state index in [0.29, 0.717) is 29.9 Å². The van der Waals surface area contributed by atoms with E-state index in [1.807, 2.05) is 61.5 Å². The molecule has 0 bridgehead atoms. The summed E-state index contributed by atoms with van der Waals surface area (Å²) < 4.78 is 36.1. The molecule has 7 heteroatoms. The summed E-state index contributed by atoms with van der Waals surface area (Å²) in [6, 6.07) is 16.6. The first-order valence-electron chi connectivity index (χ1n) is 10.7. The number of carbonyl (C=O) groups excluding carboxylic acids is 1. The fraction of sp³-hybridized carbons (Fsp3) is 0.375. The zero-order valence-electron chi connectivity index (χ0n) is 17.6. The topological polar surface area (TPSA) is 76.8 Å². The molecular weight excluding hydrogens is 414 g/mol. The lowest BCUT2D eigenvalue weighted by atomic mass is 10.1. The van der Waals surface area contributed by atoms with Crippen LogP contribution >= 0.6 is 0 Å². The number of ether oxygens (including phenoxy) is 1. The lowest BCUT2D eigenvalue weighted by molar-refractivity contribution is 0.0660. The Morgan fingerprint density at radius 2 is 1.87 bits per heavy atom. The van der Waals surface area contributed by atoms with Crippen LogP contribution in [0.3, 0.4) is 0 Å². The molecule has 0 saturated carbocycles. The summed E-state index contributed by atoms with van der Waals surface area (Å²) in [4.78, 5) is 15.3. The van der Waals surface area contributed by atoms with E-state index in [-0.39, 0.29) is 35.8 Å². The van der Waals surface area contributed by atoms with Crippen LogP contribution in [0, 0.1) is 0 Å². The summed E-state index contributed by atoms with van der Waals surface area (Å²) in [6.45, 7) is 2.74. The molecule has 164 valence electrons. The van der Waals surface area contributed by atoms with Gasteiger partial charge in [0.25, 0.3) is 5.91 Å². The van der Waals surface area contributed by atoms with E-state index < -0.39 is 9.84 Å². The zero-order chi connectivity index (χ0) is 21.8. The van der Waals surface area contributed by atoms with Gasteiger partial charge in [-0.15, -0.1) is 0 Å². The second kappa shape index (κ2) is 9.14. The molecule has 1 fully saturated rings. The van der Waals surface area contributed by atoms with Gasteiger partial charge in [0.15, 0.2) is 15.6 Å². The first-order valence-corrected chi connectivity index (χ1v) is 12.5. The van der Waals surface area contributed by atoms with Crippen LogP contribution in [0.15, 0.2) is 59.0 Å². The summed E-state index contributed by atoms with van der Waals surface area (Å²) in [5.41, 5.74) is 1.30. The maximum absolute atomic E-state index is 13.6. The number of rotatable bonds is 8. The minimum Gasteiger partial charge on any atom is -0.489 e. The van der Waals surface area contributed by atoms with Crippen LogP contribution in [-0.4, -0.2) is 43.3 Å². The van der Waals surface area contributed by atoms with E-state index in [1.54, 1.807) is 4.90 Å². The highest BCUT2D eigenvalue weighted by atomic mass is 32.2. The SMILES string of the molecule is CCCCN(C(=O)c1oc2ccccc2c1COc1ccccc1)C1CCS(=O)(=O)C1. The lowest BCUT2D eigenvalue weighted by Gasteiger charge is -2.27. The molecular formula is C24H27NO5S. The van der Waals surface area contributed by atoms with Crippen molar-refractivity contribution in [2.24, 2.45) is 0 Å². The van der Waals surface area contributed by atoms with Crippen molar-refractivity contribution in [2.45, 2.75) is 38.8 Å². The second-order valence-electron chi connectivity index (χ2n) is 7.92. The number of benzene rings is 2. The van der Waals surface area contributed by atoms with E-state index in [9.17, 15) is 13.2 Å². The van der Waals surface area contributed by atoms with Gasteiger partial charge in [0.2, 0.25) is 0 Å². The molecule has 1 atom stereocenters. The number of carbonyl (C=O) groups is 1. The monoisotopic (exact) mass is 441 g/mol. The van der Waals surface area contributed by atoms with E-state index >= 15 is 0 Å². The molecule has 0 N–H and O–H groups in total. The minimum atomic E-state index is -3.11. The molecule has 0 radical (unpaired) electrons. The number of hydrogen-bond donors (Lipinski definition) is 0. The molecule has 31 heavy (non-hydrogen) atoms. The van der Waals surface area contributed by atoms with E-state index in [2.05, 4.69) is 0 Å². The zero-order valence-corrected chi connectivity index (χ0v) is 18.4. The van der Waals surface area contributed by atoms with Crippen molar-refractivity contribution in [3.8, 4) is 5.75 Å². The van der Waals surface area contributed by atoms with E-state index in [0.717, 1.165) is 18.2 Å². The van der Waals surface area contributed by atoms with Crippen molar-refractivity contribution in [2.75, 3.05) is 18.1 Å². The number of sulfone groups is 1. The predicted octanol–water partition coefficient (Wildman–Crippen LogP) is 4.44. The number of unbranched alkanes of at least 4 members (excludes halogenated alkanes) is 1. The Morgan fingerprint density at radius 3 is 2.58 bits per heavy atom. The van der Waals surface area contributed by atoms with Gasteiger partial charge in [-0.1, -0.05) is 49.7 Å². The molecule has 3 aromatic rings. The van der Waals surface area contributed by atoms with Gasteiger partial charge < -0.3 is 14.1 Å². The Morgan fingerprint density at radius 1 is 1.13 bits per heavy atom. The van der Waals surface area contributed by atoms with E-state index in [4.69, 9.17) is 9.15 Å². The highest BCUT2D eigenvalue weighted by molar-refractivity contribution is 7.91. The number of fused-ring (bicyclic) bond motifs is 1. The van der Waals surface area contributed by atoms with Crippen molar-refractivity contribution in [3.63, 3.8) is 0 Å². The van der Waals surface area contributed by atoms with Crippen molar-refractivity contribution < 1.29 is 22.4 Å². The molecule has 0 spiro atoms. The summed E-state index contributed by atoms with van der Waals surface area (Å²) in [5.74, 6) is 0.808. The summed E-state index contributed by atoms with van der Waals surface area (Å²) in [7, 11) is -3.11. The molecule has 2 heterocycles. The highest BCUT2D eigenvalue weighted by Crippen LogP contribution is 2.30. The summed E-state index contributed by atoms with van der Waals surface area (Å²) >= 11 is 0. The van der Waals surface area contributed by atoms with Crippen molar-refractivity contribution in [1.82, 2.24) is 4.90 Å². The van der Waals surface area contributed by atoms with Crippen LogP contribution < -0.4 is 4.74 Å². The third-order valence-electron chi connectivity index (χ3n) is 5.68. The molecule has 4 rings (SSSR count). The van der Waals surface area contributed by atoms with Gasteiger partial charge >= 0.3 is 0 Å². The Kier molecular flexibility index (Phi) is 6.32. The molecule has 1 aromatic heterocycles. The van der Waals surface area contributed by atoms with Crippen LogP contribution in [0.2, 0.25) is 0 Å². The standard InChI is InChI=1S/C24H27NO5S/c1-2-3-14-25(18-13-15-31(27,28)17-18)24(26)23-21(16-29-19-9-5-4-6-10-19)20-11-7-8-12-22(20)30-23/h4-12,18H,2-3,13-17H2,1H3. The normalized spacial score (nSPS) is 17.6.